The van der Waals surface area contributed by atoms with E-state index in [-0.39, 0.29) is 18.1 Å². The molecule has 0 saturated carbocycles. The minimum atomic E-state index is -0.721. The number of benzene rings is 1. The Morgan fingerprint density at radius 2 is 2.10 bits per heavy atom. The van der Waals surface area contributed by atoms with E-state index in [9.17, 15) is 14.9 Å². The Morgan fingerprint density at radius 1 is 1.38 bits per heavy atom. The molecule has 0 aliphatic carbocycles. The monoisotopic (exact) mass is 290 g/mol. The maximum Gasteiger partial charge on any atom is 0.269 e. The first-order valence-corrected chi connectivity index (χ1v) is 6.27. The third kappa shape index (κ3) is 4.07. The molecule has 1 unspecified atom stereocenters. The number of non-ortho nitro benzene ring substituents is 1. The van der Waals surface area contributed by atoms with E-state index >= 15 is 0 Å². The molecule has 1 atom stereocenters. The first kappa shape index (κ1) is 14.6. The Bertz CT molecular complexity index is 607. The van der Waals surface area contributed by atoms with E-state index in [1.807, 2.05) is 0 Å². The molecule has 2 rings (SSSR count). The van der Waals surface area contributed by atoms with Crippen LogP contribution in [-0.2, 0) is 11.3 Å². The van der Waals surface area contributed by atoms with Crippen LogP contribution in [0.3, 0.4) is 0 Å². The van der Waals surface area contributed by atoms with E-state index in [1.165, 1.54) is 30.5 Å². The lowest BCUT2D eigenvalue weighted by atomic mass is 10.3. The van der Waals surface area contributed by atoms with Crippen molar-refractivity contribution in [1.29, 1.82) is 0 Å². The molecule has 1 aromatic carbocycles. The van der Waals surface area contributed by atoms with Crippen molar-refractivity contribution in [3.05, 3.63) is 58.5 Å². The lowest BCUT2D eigenvalue weighted by molar-refractivity contribution is -0.384. The van der Waals surface area contributed by atoms with Gasteiger partial charge in [0.25, 0.3) is 11.6 Å². The fraction of sp³-hybridized carbons (Fsp3) is 0.214. The van der Waals surface area contributed by atoms with Crippen LogP contribution in [0.4, 0.5) is 5.69 Å². The van der Waals surface area contributed by atoms with E-state index in [1.54, 1.807) is 19.1 Å². The SMILES string of the molecule is CC(Oc1ccc([N+](=O)[O-])cc1)C(=O)NCc1ccco1. The number of carbonyl (C=O) groups excluding carboxylic acids is 1. The Balaban J connectivity index is 1.86. The molecule has 7 heteroatoms. The highest BCUT2D eigenvalue weighted by atomic mass is 16.6. The van der Waals surface area contributed by atoms with Crippen LogP contribution in [0.25, 0.3) is 0 Å². The second kappa shape index (κ2) is 6.56. The molecule has 0 fully saturated rings. The highest BCUT2D eigenvalue weighted by Crippen LogP contribution is 2.18. The minimum Gasteiger partial charge on any atom is -0.481 e. The molecule has 1 amide bonds. The summed E-state index contributed by atoms with van der Waals surface area (Å²) in [4.78, 5) is 21.9. The maximum atomic E-state index is 11.8. The average Bonchev–Trinajstić information content (AvgIpc) is 2.98. The topological polar surface area (TPSA) is 94.6 Å². The predicted octanol–water partition coefficient (Wildman–Crippen LogP) is 2.27. The number of hydrogen-bond acceptors (Lipinski definition) is 5. The highest BCUT2D eigenvalue weighted by Gasteiger charge is 2.15. The molecule has 0 radical (unpaired) electrons. The van der Waals surface area contributed by atoms with Gasteiger partial charge in [-0.25, -0.2) is 0 Å². The molecule has 0 aliphatic rings. The lowest BCUT2D eigenvalue weighted by Crippen LogP contribution is -2.35. The summed E-state index contributed by atoms with van der Waals surface area (Å²) in [5.74, 6) is 0.733. The molecule has 7 nitrogen and oxygen atoms in total. The number of ether oxygens (including phenoxy) is 1. The van der Waals surface area contributed by atoms with E-state index in [0.717, 1.165) is 0 Å². The second-order valence-corrected chi connectivity index (χ2v) is 4.31. The van der Waals surface area contributed by atoms with Gasteiger partial charge in [-0.1, -0.05) is 0 Å². The van der Waals surface area contributed by atoms with Gasteiger partial charge >= 0.3 is 0 Å². The number of rotatable bonds is 6. The molecular formula is C14H14N2O5. The third-order valence-electron chi connectivity index (χ3n) is 2.75. The molecule has 1 N–H and O–H groups in total. The van der Waals surface area contributed by atoms with Crippen LogP contribution in [0.2, 0.25) is 0 Å². The van der Waals surface area contributed by atoms with Gasteiger partial charge in [0.05, 0.1) is 17.7 Å². The van der Waals surface area contributed by atoms with Gasteiger partial charge in [0, 0.05) is 12.1 Å². The number of carbonyl (C=O) groups is 1. The zero-order chi connectivity index (χ0) is 15.2. The summed E-state index contributed by atoms with van der Waals surface area (Å²) in [6.07, 6.45) is 0.805. The first-order chi connectivity index (χ1) is 10.1. The lowest BCUT2D eigenvalue weighted by Gasteiger charge is -2.14. The van der Waals surface area contributed by atoms with Crippen molar-refractivity contribution < 1.29 is 18.9 Å². The van der Waals surface area contributed by atoms with Gasteiger partial charge in [0.15, 0.2) is 6.10 Å². The average molecular weight is 290 g/mol. The van der Waals surface area contributed by atoms with Gasteiger partial charge in [-0.15, -0.1) is 0 Å². The smallest absolute Gasteiger partial charge is 0.269 e. The molecule has 2 aromatic rings. The normalized spacial score (nSPS) is 11.7. The van der Waals surface area contributed by atoms with Gasteiger partial charge in [-0.05, 0) is 31.2 Å². The fourth-order valence-corrected chi connectivity index (χ4v) is 1.64. The number of nitrogens with zero attached hydrogens (tertiary/aromatic N) is 1. The third-order valence-corrected chi connectivity index (χ3v) is 2.75. The minimum absolute atomic E-state index is 0.0303. The molecule has 0 bridgehead atoms. The van der Waals surface area contributed by atoms with Crippen molar-refractivity contribution in [2.75, 3.05) is 0 Å². The molecule has 1 heterocycles. The number of hydrogen-bond donors (Lipinski definition) is 1. The standard InChI is InChI=1S/C14H14N2O5/c1-10(14(17)15-9-13-3-2-8-20-13)21-12-6-4-11(5-7-12)16(18)19/h2-8,10H,9H2,1H3,(H,15,17). The summed E-state index contributed by atoms with van der Waals surface area (Å²) in [6.45, 7) is 1.87. The molecule has 21 heavy (non-hydrogen) atoms. The van der Waals surface area contributed by atoms with Crippen LogP contribution < -0.4 is 10.1 Å². The van der Waals surface area contributed by atoms with E-state index in [4.69, 9.17) is 9.15 Å². The summed E-state index contributed by atoms with van der Waals surface area (Å²) >= 11 is 0. The van der Waals surface area contributed by atoms with Crippen LogP contribution in [0.15, 0.2) is 47.1 Å². The predicted molar refractivity (Wildman–Crippen MR) is 73.7 cm³/mol. The Labute approximate surface area is 120 Å². The maximum absolute atomic E-state index is 11.8. The van der Waals surface area contributed by atoms with Crippen molar-refractivity contribution in [3.63, 3.8) is 0 Å². The van der Waals surface area contributed by atoms with Crippen LogP contribution in [-0.4, -0.2) is 16.9 Å². The Kier molecular flexibility index (Phi) is 4.55. The number of nitro benzene ring substituents is 1. The molecule has 0 spiro atoms. The Morgan fingerprint density at radius 3 is 2.67 bits per heavy atom. The highest BCUT2D eigenvalue weighted by molar-refractivity contribution is 5.80. The van der Waals surface area contributed by atoms with Crippen molar-refractivity contribution in [2.24, 2.45) is 0 Å². The number of furan rings is 1. The second-order valence-electron chi connectivity index (χ2n) is 4.31. The molecule has 0 aliphatic heterocycles. The molecular weight excluding hydrogens is 276 g/mol. The molecule has 110 valence electrons. The van der Waals surface area contributed by atoms with Gasteiger partial charge in [0.2, 0.25) is 0 Å². The summed E-state index contributed by atoms with van der Waals surface area (Å²) in [7, 11) is 0. The fourth-order valence-electron chi connectivity index (χ4n) is 1.64. The molecule has 1 aromatic heterocycles. The quantitative estimate of drug-likeness (QED) is 0.650. The van der Waals surface area contributed by atoms with Gasteiger partial charge < -0.3 is 14.5 Å². The van der Waals surface area contributed by atoms with Gasteiger partial charge in [0.1, 0.15) is 11.5 Å². The van der Waals surface area contributed by atoms with E-state index < -0.39 is 11.0 Å². The Hall–Kier alpha value is -2.83. The van der Waals surface area contributed by atoms with E-state index in [2.05, 4.69) is 5.32 Å². The summed E-state index contributed by atoms with van der Waals surface area (Å²) in [5, 5.41) is 13.2. The summed E-state index contributed by atoms with van der Waals surface area (Å²) in [6, 6.07) is 9.04. The zero-order valence-electron chi connectivity index (χ0n) is 11.3. The van der Waals surface area contributed by atoms with Crippen LogP contribution in [0, 0.1) is 10.1 Å². The van der Waals surface area contributed by atoms with Crippen LogP contribution >= 0.6 is 0 Å². The van der Waals surface area contributed by atoms with Crippen molar-refractivity contribution >= 4 is 11.6 Å². The largest absolute Gasteiger partial charge is 0.481 e. The van der Waals surface area contributed by atoms with Crippen LogP contribution in [0.1, 0.15) is 12.7 Å². The van der Waals surface area contributed by atoms with Crippen LogP contribution in [0.5, 0.6) is 5.75 Å². The van der Waals surface area contributed by atoms with Gasteiger partial charge in [-0.2, -0.15) is 0 Å². The number of nitrogens with one attached hydrogen (secondary N) is 1. The molecule has 0 saturated heterocycles. The van der Waals surface area contributed by atoms with E-state index in [0.29, 0.717) is 11.5 Å². The van der Waals surface area contributed by atoms with Crippen molar-refractivity contribution in [1.82, 2.24) is 5.32 Å². The zero-order valence-corrected chi connectivity index (χ0v) is 11.3. The van der Waals surface area contributed by atoms with Gasteiger partial charge in [-0.3, -0.25) is 14.9 Å². The number of nitro groups is 1. The first-order valence-electron chi connectivity index (χ1n) is 6.27. The number of amides is 1. The summed E-state index contributed by atoms with van der Waals surface area (Å²) < 4.78 is 10.5. The van der Waals surface area contributed by atoms with Crippen molar-refractivity contribution in [2.45, 2.75) is 19.6 Å². The van der Waals surface area contributed by atoms with Crippen molar-refractivity contribution in [3.8, 4) is 5.75 Å². The summed E-state index contributed by atoms with van der Waals surface area (Å²) in [5.41, 5.74) is -0.0303.